The molecule has 2 unspecified atom stereocenters. The predicted molar refractivity (Wildman–Crippen MR) is 97.4 cm³/mol. The molecule has 2 atom stereocenters. The maximum absolute atomic E-state index is 13.0. The number of nitrogens with zero attached hydrogens (tertiary/aromatic N) is 5. The number of carbonyl (C=O) groups excluding carboxylic acids is 3. The average molecular weight is 392 g/mol. The number of aliphatic imine (C=N–C) groups is 1. The second-order valence-corrected chi connectivity index (χ2v) is 6.94. The van der Waals surface area contributed by atoms with Crippen molar-refractivity contribution < 1.29 is 19.1 Å². The zero-order chi connectivity index (χ0) is 19.3. The van der Waals surface area contributed by atoms with E-state index in [0.717, 1.165) is 10.6 Å². The van der Waals surface area contributed by atoms with Gasteiger partial charge in [-0.15, -0.1) is 0 Å². The molecule has 3 amide bonds. The van der Waals surface area contributed by atoms with Crippen LogP contribution in [0.4, 0.5) is 10.5 Å². The minimum Gasteiger partial charge on any atom is -0.468 e. The van der Waals surface area contributed by atoms with Crippen molar-refractivity contribution in [3.05, 3.63) is 29.3 Å². The fourth-order valence-corrected chi connectivity index (χ4v) is 3.77. The van der Waals surface area contributed by atoms with Crippen LogP contribution in [0.3, 0.4) is 0 Å². The first-order valence-electron chi connectivity index (χ1n) is 8.45. The molecule has 10 heteroatoms. The van der Waals surface area contributed by atoms with E-state index in [-0.39, 0.29) is 0 Å². The van der Waals surface area contributed by atoms with Crippen molar-refractivity contribution in [2.24, 2.45) is 4.99 Å². The number of fused-ring (bicyclic) bond motifs is 3. The van der Waals surface area contributed by atoms with Crippen LogP contribution < -0.4 is 4.90 Å². The van der Waals surface area contributed by atoms with E-state index >= 15 is 0 Å². The minimum atomic E-state index is -0.648. The molecule has 0 radical (unpaired) electrons. The van der Waals surface area contributed by atoms with Crippen LogP contribution in [-0.4, -0.2) is 84.6 Å². The molecule has 142 valence electrons. The van der Waals surface area contributed by atoms with Crippen molar-refractivity contribution in [3.8, 4) is 0 Å². The monoisotopic (exact) mass is 391 g/mol. The molecule has 0 aliphatic carbocycles. The molecule has 0 aromatic heterocycles. The molecule has 0 saturated carbocycles. The molecular weight excluding hydrogens is 374 g/mol. The molecule has 9 nitrogen and oxygen atoms in total. The van der Waals surface area contributed by atoms with E-state index in [2.05, 4.69) is 9.73 Å². The van der Waals surface area contributed by atoms with Crippen molar-refractivity contribution in [2.75, 3.05) is 38.7 Å². The average Bonchev–Trinajstić information content (AvgIpc) is 3.23. The first-order chi connectivity index (χ1) is 12.9. The molecule has 2 saturated heterocycles. The standard InChI is InChI=1S/C17H18ClN5O4/c1-20-14-13(15(25)23(17(20)26)9-12(24)27-2)22-8-7-21(16(22)19-14)11-5-3-10(18)4-6-11/h3-6,13-14H,7-9H2,1-2H3. The Bertz CT molecular complexity index is 842. The number of halogens is 1. The lowest BCUT2D eigenvalue weighted by Crippen LogP contribution is -2.65. The van der Waals surface area contributed by atoms with Gasteiger partial charge in [0.2, 0.25) is 5.96 Å². The third kappa shape index (κ3) is 2.69. The van der Waals surface area contributed by atoms with Gasteiger partial charge in [-0.25, -0.2) is 9.79 Å². The summed E-state index contributed by atoms with van der Waals surface area (Å²) >= 11 is 5.96. The number of likely N-dealkylation sites (N-methyl/N-ethyl adjacent to an activating group) is 1. The van der Waals surface area contributed by atoms with Gasteiger partial charge in [0, 0.05) is 30.8 Å². The lowest BCUT2D eigenvalue weighted by molar-refractivity contribution is -0.148. The highest BCUT2D eigenvalue weighted by Crippen LogP contribution is 2.33. The molecule has 27 heavy (non-hydrogen) atoms. The van der Waals surface area contributed by atoms with E-state index < -0.39 is 36.7 Å². The lowest BCUT2D eigenvalue weighted by atomic mass is 10.1. The van der Waals surface area contributed by atoms with E-state index in [4.69, 9.17) is 11.6 Å². The van der Waals surface area contributed by atoms with Crippen LogP contribution in [0.15, 0.2) is 29.3 Å². The highest BCUT2D eigenvalue weighted by atomic mass is 35.5. The quantitative estimate of drug-likeness (QED) is 0.701. The molecule has 0 bridgehead atoms. The molecule has 0 N–H and O–H groups in total. The second-order valence-electron chi connectivity index (χ2n) is 6.50. The van der Waals surface area contributed by atoms with Crippen LogP contribution in [0.2, 0.25) is 5.02 Å². The summed E-state index contributed by atoms with van der Waals surface area (Å²) in [6.45, 7) is 0.833. The van der Waals surface area contributed by atoms with E-state index in [9.17, 15) is 14.4 Å². The highest BCUT2D eigenvalue weighted by molar-refractivity contribution is 6.30. The van der Waals surface area contributed by atoms with E-state index in [1.54, 1.807) is 19.2 Å². The van der Waals surface area contributed by atoms with Crippen molar-refractivity contribution in [1.29, 1.82) is 0 Å². The third-order valence-electron chi connectivity index (χ3n) is 5.03. The Morgan fingerprint density at radius 3 is 2.63 bits per heavy atom. The summed E-state index contributed by atoms with van der Waals surface area (Å²) in [6.07, 6.45) is -0.621. The molecule has 3 aliphatic rings. The summed E-state index contributed by atoms with van der Waals surface area (Å²) in [5, 5.41) is 0.635. The zero-order valence-electron chi connectivity index (χ0n) is 14.8. The number of anilines is 1. The number of guanidine groups is 1. The van der Waals surface area contributed by atoms with E-state index in [0.29, 0.717) is 24.1 Å². The largest absolute Gasteiger partial charge is 0.468 e. The number of rotatable bonds is 3. The summed E-state index contributed by atoms with van der Waals surface area (Å²) in [4.78, 5) is 48.0. The Balaban J connectivity index is 1.63. The maximum atomic E-state index is 13.0. The number of methoxy groups -OCH3 is 1. The van der Waals surface area contributed by atoms with Gasteiger partial charge in [-0.2, -0.15) is 0 Å². The highest BCUT2D eigenvalue weighted by Gasteiger charge is 2.54. The first kappa shape index (κ1) is 17.6. The summed E-state index contributed by atoms with van der Waals surface area (Å²) < 4.78 is 4.60. The smallest absolute Gasteiger partial charge is 0.328 e. The molecule has 3 heterocycles. The van der Waals surface area contributed by atoms with Crippen LogP contribution >= 0.6 is 11.6 Å². The number of hydrogen-bond acceptors (Lipinski definition) is 7. The van der Waals surface area contributed by atoms with Crippen LogP contribution in [0.5, 0.6) is 0 Å². The van der Waals surface area contributed by atoms with Gasteiger partial charge in [-0.3, -0.25) is 14.5 Å². The number of hydrogen-bond donors (Lipinski definition) is 0. The Morgan fingerprint density at radius 2 is 1.96 bits per heavy atom. The van der Waals surface area contributed by atoms with Gasteiger partial charge in [0.1, 0.15) is 6.54 Å². The SMILES string of the molecule is COC(=O)CN1C(=O)C2C(N=C3N(c4ccc(Cl)cc4)CCN32)N(C)C1=O. The van der Waals surface area contributed by atoms with Gasteiger partial charge in [-0.1, -0.05) is 11.6 Å². The molecule has 4 rings (SSSR count). The number of urea groups is 1. The summed E-state index contributed by atoms with van der Waals surface area (Å²) in [5.74, 6) is -0.447. The molecule has 1 aromatic rings. The predicted octanol–water partition coefficient (Wildman–Crippen LogP) is 0.593. The van der Waals surface area contributed by atoms with Crippen molar-refractivity contribution in [3.63, 3.8) is 0 Å². The molecule has 3 aliphatic heterocycles. The van der Waals surface area contributed by atoms with Crippen molar-refractivity contribution in [1.82, 2.24) is 14.7 Å². The zero-order valence-corrected chi connectivity index (χ0v) is 15.6. The third-order valence-corrected chi connectivity index (χ3v) is 5.28. The normalized spacial score (nSPS) is 24.2. The maximum Gasteiger partial charge on any atom is 0.328 e. The number of amides is 3. The first-order valence-corrected chi connectivity index (χ1v) is 8.82. The number of ether oxygens (including phenoxy) is 1. The Morgan fingerprint density at radius 1 is 1.26 bits per heavy atom. The number of carbonyl (C=O) groups is 3. The van der Waals surface area contributed by atoms with Crippen LogP contribution in [0, 0.1) is 0 Å². The molecule has 2 fully saturated rings. The minimum absolute atomic E-state index is 0.411. The van der Waals surface area contributed by atoms with E-state index in [1.165, 1.54) is 12.0 Å². The summed E-state index contributed by atoms with van der Waals surface area (Å²) in [7, 11) is 2.80. The van der Waals surface area contributed by atoms with Crippen LogP contribution in [0.25, 0.3) is 0 Å². The fraction of sp³-hybridized carbons (Fsp3) is 0.412. The van der Waals surface area contributed by atoms with Crippen LogP contribution in [0.1, 0.15) is 0 Å². The number of benzene rings is 1. The Hall–Kier alpha value is -2.81. The van der Waals surface area contributed by atoms with Crippen LogP contribution in [-0.2, 0) is 14.3 Å². The van der Waals surface area contributed by atoms with Gasteiger partial charge in [0.15, 0.2) is 12.2 Å². The van der Waals surface area contributed by atoms with E-state index in [1.807, 2.05) is 21.9 Å². The Labute approximate surface area is 160 Å². The summed E-state index contributed by atoms with van der Waals surface area (Å²) in [5.41, 5.74) is 0.909. The van der Waals surface area contributed by atoms with Gasteiger partial charge >= 0.3 is 12.0 Å². The van der Waals surface area contributed by atoms with Gasteiger partial charge < -0.3 is 19.4 Å². The Kier molecular flexibility index (Phi) is 4.18. The molecule has 1 aromatic carbocycles. The lowest BCUT2D eigenvalue weighted by Gasteiger charge is -2.40. The van der Waals surface area contributed by atoms with Gasteiger partial charge in [0.25, 0.3) is 5.91 Å². The number of imide groups is 1. The number of esters is 1. The summed E-state index contributed by atoms with van der Waals surface area (Å²) in [6, 6.07) is 6.15. The molecular formula is C17H18ClN5O4. The van der Waals surface area contributed by atoms with Crippen molar-refractivity contribution >= 4 is 41.2 Å². The fourth-order valence-electron chi connectivity index (χ4n) is 3.64. The van der Waals surface area contributed by atoms with Gasteiger partial charge in [-0.05, 0) is 24.3 Å². The molecule has 0 spiro atoms. The van der Waals surface area contributed by atoms with Gasteiger partial charge in [0.05, 0.1) is 7.11 Å². The van der Waals surface area contributed by atoms with Crippen molar-refractivity contribution in [2.45, 2.75) is 12.2 Å². The second kappa shape index (κ2) is 6.41. The topological polar surface area (TPSA) is 85.8 Å².